The molecule has 0 aliphatic carbocycles. The SMILES string of the molecule is Cl.Nc1ccc(CC(=O)N2CCCC2c2cccs2)nc1. The van der Waals surface area contributed by atoms with E-state index in [2.05, 4.69) is 16.4 Å². The molecule has 1 fully saturated rings. The number of nitrogens with zero attached hydrogens (tertiary/aromatic N) is 2. The summed E-state index contributed by atoms with van der Waals surface area (Å²) < 4.78 is 0. The standard InChI is InChI=1S/C15H17N3OS.ClH/c16-11-5-6-12(17-10-11)9-15(19)18-7-1-3-13(18)14-4-2-8-20-14;/h2,4-6,8,10,13H,1,3,7,9,16H2;1H. The van der Waals surface area contributed by atoms with Crippen LogP contribution in [-0.2, 0) is 11.2 Å². The van der Waals surface area contributed by atoms with E-state index in [0.29, 0.717) is 12.1 Å². The molecule has 1 saturated heterocycles. The Bertz CT molecular complexity index is 585. The number of pyridine rings is 1. The molecule has 1 amide bonds. The maximum absolute atomic E-state index is 12.5. The quantitative estimate of drug-likeness (QED) is 0.944. The molecule has 3 rings (SSSR count). The number of carbonyl (C=O) groups is 1. The Hall–Kier alpha value is -1.59. The average Bonchev–Trinajstić information content (AvgIpc) is 3.11. The van der Waals surface area contributed by atoms with Gasteiger partial charge in [0.25, 0.3) is 0 Å². The Morgan fingerprint density at radius 2 is 2.29 bits per heavy atom. The fraction of sp³-hybridized carbons (Fsp3) is 0.333. The summed E-state index contributed by atoms with van der Waals surface area (Å²) in [4.78, 5) is 19.9. The van der Waals surface area contributed by atoms with Gasteiger partial charge in [-0.3, -0.25) is 9.78 Å². The highest BCUT2D eigenvalue weighted by atomic mass is 35.5. The molecular formula is C15H18ClN3OS. The first kappa shape index (κ1) is 15.8. The molecule has 1 aliphatic rings. The van der Waals surface area contributed by atoms with Gasteiger partial charge < -0.3 is 10.6 Å². The fourth-order valence-electron chi connectivity index (χ4n) is 2.64. The van der Waals surface area contributed by atoms with E-state index in [4.69, 9.17) is 5.73 Å². The zero-order valence-corrected chi connectivity index (χ0v) is 13.2. The number of nitrogens with two attached hydrogens (primary N) is 1. The van der Waals surface area contributed by atoms with Crippen LogP contribution >= 0.6 is 23.7 Å². The normalized spacial score (nSPS) is 17.5. The van der Waals surface area contributed by atoms with Crippen LogP contribution in [-0.4, -0.2) is 22.3 Å². The lowest BCUT2D eigenvalue weighted by molar-refractivity contribution is -0.131. The van der Waals surface area contributed by atoms with Crippen molar-refractivity contribution >= 4 is 35.3 Å². The van der Waals surface area contributed by atoms with Crippen molar-refractivity contribution in [1.82, 2.24) is 9.88 Å². The molecule has 0 bridgehead atoms. The number of nitrogen functional groups attached to an aromatic ring is 1. The predicted molar refractivity (Wildman–Crippen MR) is 87.6 cm³/mol. The van der Waals surface area contributed by atoms with Gasteiger partial charge in [0.15, 0.2) is 0 Å². The first-order valence-electron chi connectivity index (χ1n) is 6.77. The van der Waals surface area contributed by atoms with Crippen molar-refractivity contribution in [1.29, 1.82) is 0 Å². The van der Waals surface area contributed by atoms with Crippen molar-refractivity contribution in [2.45, 2.75) is 25.3 Å². The zero-order chi connectivity index (χ0) is 13.9. The van der Waals surface area contributed by atoms with Crippen molar-refractivity contribution < 1.29 is 4.79 Å². The van der Waals surface area contributed by atoms with Crippen LogP contribution < -0.4 is 5.73 Å². The highest BCUT2D eigenvalue weighted by molar-refractivity contribution is 7.10. The molecule has 0 saturated carbocycles. The summed E-state index contributed by atoms with van der Waals surface area (Å²) in [5.41, 5.74) is 7.01. The molecule has 0 aromatic carbocycles. The second kappa shape index (κ2) is 6.91. The van der Waals surface area contributed by atoms with Gasteiger partial charge in [-0.25, -0.2) is 0 Å². The highest BCUT2D eigenvalue weighted by Gasteiger charge is 2.30. The lowest BCUT2D eigenvalue weighted by Crippen LogP contribution is -2.31. The highest BCUT2D eigenvalue weighted by Crippen LogP contribution is 2.34. The largest absolute Gasteiger partial charge is 0.397 e. The van der Waals surface area contributed by atoms with E-state index < -0.39 is 0 Å². The van der Waals surface area contributed by atoms with Gasteiger partial charge in [0.2, 0.25) is 5.91 Å². The molecular weight excluding hydrogens is 306 g/mol. The minimum Gasteiger partial charge on any atom is -0.397 e. The first-order valence-corrected chi connectivity index (χ1v) is 7.65. The topological polar surface area (TPSA) is 59.2 Å². The number of aromatic nitrogens is 1. The third kappa shape index (κ3) is 3.54. The summed E-state index contributed by atoms with van der Waals surface area (Å²) in [5, 5.41) is 2.07. The predicted octanol–water partition coefficient (Wildman–Crippen LogP) is 3.05. The number of anilines is 1. The molecule has 0 spiro atoms. The number of hydrogen-bond donors (Lipinski definition) is 1. The van der Waals surface area contributed by atoms with E-state index in [1.165, 1.54) is 4.88 Å². The summed E-state index contributed by atoms with van der Waals surface area (Å²) in [6.45, 7) is 0.844. The van der Waals surface area contributed by atoms with Crippen LogP contribution in [0.25, 0.3) is 0 Å². The molecule has 112 valence electrons. The van der Waals surface area contributed by atoms with Crippen molar-refractivity contribution in [2.24, 2.45) is 0 Å². The second-order valence-electron chi connectivity index (χ2n) is 5.02. The summed E-state index contributed by atoms with van der Waals surface area (Å²) in [6.07, 6.45) is 4.08. The van der Waals surface area contributed by atoms with Crippen LogP contribution in [0, 0.1) is 0 Å². The van der Waals surface area contributed by atoms with E-state index in [1.54, 1.807) is 23.6 Å². The van der Waals surface area contributed by atoms with Crippen molar-refractivity contribution in [3.8, 4) is 0 Å². The Morgan fingerprint density at radius 3 is 2.95 bits per heavy atom. The minimum absolute atomic E-state index is 0. The van der Waals surface area contributed by atoms with Gasteiger partial charge in [0.05, 0.1) is 24.3 Å². The fourth-order valence-corrected chi connectivity index (χ4v) is 3.51. The molecule has 1 unspecified atom stereocenters. The Kier molecular flexibility index (Phi) is 5.20. The number of hydrogen-bond acceptors (Lipinski definition) is 4. The van der Waals surface area contributed by atoms with Gasteiger partial charge in [-0.2, -0.15) is 0 Å². The number of amides is 1. The summed E-state index contributed by atoms with van der Waals surface area (Å²) in [7, 11) is 0. The third-order valence-electron chi connectivity index (χ3n) is 3.62. The van der Waals surface area contributed by atoms with E-state index in [9.17, 15) is 4.79 Å². The maximum atomic E-state index is 12.5. The second-order valence-corrected chi connectivity index (χ2v) is 6.00. The molecule has 1 aliphatic heterocycles. The van der Waals surface area contributed by atoms with Crippen LogP contribution in [0.5, 0.6) is 0 Å². The van der Waals surface area contributed by atoms with E-state index in [1.807, 2.05) is 17.0 Å². The van der Waals surface area contributed by atoms with Crippen molar-refractivity contribution in [2.75, 3.05) is 12.3 Å². The average molecular weight is 324 g/mol. The summed E-state index contributed by atoms with van der Waals surface area (Å²) >= 11 is 1.72. The molecule has 2 N–H and O–H groups in total. The third-order valence-corrected chi connectivity index (χ3v) is 4.60. The van der Waals surface area contributed by atoms with Gasteiger partial charge in [0, 0.05) is 17.1 Å². The monoisotopic (exact) mass is 323 g/mol. The Labute approximate surface area is 134 Å². The molecule has 1 atom stereocenters. The van der Waals surface area contributed by atoms with E-state index in [0.717, 1.165) is 25.1 Å². The van der Waals surface area contributed by atoms with Crippen LogP contribution in [0.1, 0.15) is 29.5 Å². The number of carbonyl (C=O) groups excluding carboxylic acids is 1. The summed E-state index contributed by atoms with van der Waals surface area (Å²) in [5.74, 6) is 0.151. The molecule has 6 heteroatoms. The summed E-state index contributed by atoms with van der Waals surface area (Å²) in [6, 6.07) is 8.02. The van der Waals surface area contributed by atoms with Crippen LogP contribution in [0.4, 0.5) is 5.69 Å². The Morgan fingerprint density at radius 1 is 1.43 bits per heavy atom. The van der Waals surface area contributed by atoms with Crippen LogP contribution in [0.2, 0.25) is 0 Å². The van der Waals surface area contributed by atoms with Crippen molar-refractivity contribution in [3.05, 3.63) is 46.4 Å². The number of likely N-dealkylation sites (tertiary alicyclic amines) is 1. The van der Waals surface area contributed by atoms with E-state index in [-0.39, 0.29) is 24.4 Å². The molecule has 2 aromatic rings. The van der Waals surface area contributed by atoms with Gasteiger partial charge in [-0.15, -0.1) is 23.7 Å². The molecule has 3 heterocycles. The number of rotatable bonds is 3. The number of halogens is 1. The van der Waals surface area contributed by atoms with Crippen molar-refractivity contribution in [3.63, 3.8) is 0 Å². The molecule has 2 aromatic heterocycles. The molecule has 21 heavy (non-hydrogen) atoms. The van der Waals surface area contributed by atoms with Gasteiger partial charge in [-0.1, -0.05) is 6.07 Å². The minimum atomic E-state index is 0. The van der Waals surface area contributed by atoms with Gasteiger partial charge >= 0.3 is 0 Å². The Balaban J connectivity index is 0.00000161. The van der Waals surface area contributed by atoms with E-state index >= 15 is 0 Å². The smallest absolute Gasteiger partial charge is 0.229 e. The van der Waals surface area contributed by atoms with Gasteiger partial charge in [0.1, 0.15) is 0 Å². The van der Waals surface area contributed by atoms with Gasteiger partial charge in [-0.05, 0) is 36.4 Å². The van der Waals surface area contributed by atoms with Crippen LogP contribution in [0.3, 0.4) is 0 Å². The lowest BCUT2D eigenvalue weighted by Gasteiger charge is -2.23. The first-order chi connectivity index (χ1) is 9.74. The van der Waals surface area contributed by atoms with Crippen LogP contribution in [0.15, 0.2) is 35.8 Å². The lowest BCUT2D eigenvalue weighted by atomic mass is 10.1. The molecule has 4 nitrogen and oxygen atoms in total. The zero-order valence-electron chi connectivity index (χ0n) is 11.6. The number of thiophene rings is 1. The molecule has 0 radical (unpaired) electrons. The maximum Gasteiger partial charge on any atom is 0.229 e.